The van der Waals surface area contributed by atoms with Crippen LogP contribution in [0.2, 0.25) is 0 Å². The monoisotopic (exact) mass is 359 g/mol. The van der Waals surface area contributed by atoms with Crippen molar-refractivity contribution in [3.8, 4) is 0 Å². The molecular formula is C21H33N3O2. The maximum atomic E-state index is 12.9. The number of carbonyl (C=O) groups excluding carboxylic acids is 1. The first kappa shape index (κ1) is 19.2. The third kappa shape index (κ3) is 4.97. The second-order valence-corrected chi connectivity index (χ2v) is 8.59. The van der Waals surface area contributed by atoms with Gasteiger partial charge in [-0.15, -0.1) is 0 Å². The minimum absolute atomic E-state index is 0.185. The molecule has 0 unspecified atom stereocenters. The van der Waals surface area contributed by atoms with Gasteiger partial charge >= 0.3 is 6.09 Å². The fourth-order valence-corrected chi connectivity index (χ4v) is 3.96. The summed E-state index contributed by atoms with van der Waals surface area (Å²) in [6.45, 7) is 6.80. The summed E-state index contributed by atoms with van der Waals surface area (Å²) in [4.78, 5) is 19.4. The number of hydrogen-bond acceptors (Lipinski definition) is 4. The van der Waals surface area contributed by atoms with Gasteiger partial charge in [0.05, 0.1) is 0 Å². The van der Waals surface area contributed by atoms with Crippen molar-refractivity contribution in [2.45, 2.75) is 89.8 Å². The summed E-state index contributed by atoms with van der Waals surface area (Å²) in [6, 6.07) is 4.68. The topological polar surface area (TPSA) is 54.5 Å². The zero-order valence-electron chi connectivity index (χ0n) is 16.5. The van der Waals surface area contributed by atoms with Gasteiger partial charge in [0.25, 0.3) is 0 Å². The first-order chi connectivity index (χ1) is 12.4. The van der Waals surface area contributed by atoms with E-state index in [4.69, 9.17) is 4.74 Å². The zero-order chi connectivity index (χ0) is 18.6. The molecule has 0 spiro atoms. The Bertz CT molecular complexity index is 582. The standard InChI is InChI=1S/C21H33N3O2/c1-21(2,3)26-20(25)24(17-9-5-4-6-10-17)19-13-12-16(15-23-19)18-11-7-8-14-22-18/h12-13,15,17-18,22H,4-11,14H2,1-3H3/t18-/m0/s1. The van der Waals surface area contributed by atoms with E-state index < -0.39 is 5.60 Å². The number of carbonyl (C=O) groups is 1. The summed E-state index contributed by atoms with van der Waals surface area (Å²) in [6.07, 6.45) is 10.9. The molecule has 26 heavy (non-hydrogen) atoms. The highest BCUT2D eigenvalue weighted by Crippen LogP contribution is 2.29. The minimum atomic E-state index is -0.504. The number of aromatic nitrogens is 1. The Morgan fingerprint density at radius 2 is 1.85 bits per heavy atom. The van der Waals surface area contributed by atoms with E-state index in [0.29, 0.717) is 11.9 Å². The number of piperidine rings is 1. The first-order valence-electron chi connectivity index (χ1n) is 10.2. The Morgan fingerprint density at radius 1 is 1.12 bits per heavy atom. The summed E-state index contributed by atoms with van der Waals surface area (Å²) in [5, 5.41) is 3.56. The molecule has 2 aliphatic rings. The molecule has 3 rings (SSSR count). The van der Waals surface area contributed by atoms with E-state index in [1.807, 2.05) is 33.0 Å². The lowest BCUT2D eigenvalue weighted by Crippen LogP contribution is -2.45. The molecule has 5 heteroatoms. The van der Waals surface area contributed by atoms with Crippen LogP contribution < -0.4 is 10.2 Å². The number of nitrogens with one attached hydrogen (secondary N) is 1. The Kier molecular flexibility index (Phi) is 6.17. The maximum absolute atomic E-state index is 12.9. The van der Waals surface area contributed by atoms with Crippen molar-refractivity contribution in [2.75, 3.05) is 11.4 Å². The van der Waals surface area contributed by atoms with Gasteiger partial charge in [0, 0.05) is 18.3 Å². The second kappa shape index (κ2) is 8.38. The van der Waals surface area contributed by atoms with Crippen LogP contribution in [-0.4, -0.2) is 29.3 Å². The number of pyridine rings is 1. The van der Waals surface area contributed by atoms with Crippen LogP contribution in [0.15, 0.2) is 18.3 Å². The van der Waals surface area contributed by atoms with Crippen molar-refractivity contribution in [3.63, 3.8) is 0 Å². The van der Waals surface area contributed by atoms with Crippen molar-refractivity contribution in [3.05, 3.63) is 23.9 Å². The Balaban J connectivity index is 1.79. The number of amides is 1. The largest absolute Gasteiger partial charge is 0.443 e. The van der Waals surface area contributed by atoms with E-state index in [1.54, 1.807) is 4.90 Å². The number of anilines is 1. The van der Waals surface area contributed by atoms with Crippen LogP contribution >= 0.6 is 0 Å². The van der Waals surface area contributed by atoms with Gasteiger partial charge in [0.15, 0.2) is 0 Å². The molecule has 1 saturated carbocycles. The summed E-state index contributed by atoms with van der Waals surface area (Å²) in [5.41, 5.74) is 0.705. The highest BCUT2D eigenvalue weighted by Gasteiger charge is 2.31. The molecule has 1 aromatic heterocycles. The number of ether oxygens (including phenoxy) is 1. The van der Waals surface area contributed by atoms with Gasteiger partial charge in [-0.3, -0.25) is 4.90 Å². The molecule has 1 saturated heterocycles. The van der Waals surface area contributed by atoms with E-state index in [0.717, 1.165) is 38.6 Å². The van der Waals surface area contributed by atoms with Gasteiger partial charge in [-0.25, -0.2) is 9.78 Å². The molecule has 144 valence electrons. The molecule has 1 amide bonds. The number of hydrogen-bond donors (Lipinski definition) is 1. The van der Waals surface area contributed by atoms with Crippen LogP contribution in [0.1, 0.15) is 83.7 Å². The van der Waals surface area contributed by atoms with Crippen LogP contribution in [0.25, 0.3) is 0 Å². The van der Waals surface area contributed by atoms with Gasteiger partial charge < -0.3 is 10.1 Å². The van der Waals surface area contributed by atoms with Gasteiger partial charge in [-0.05, 0) is 64.6 Å². The predicted octanol–water partition coefficient (Wildman–Crippen LogP) is 4.97. The summed E-state index contributed by atoms with van der Waals surface area (Å²) < 4.78 is 5.69. The van der Waals surface area contributed by atoms with Crippen LogP contribution in [-0.2, 0) is 4.74 Å². The Labute approximate surface area is 157 Å². The average Bonchev–Trinajstić information content (AvgIpc) is 2.63. The number of rotatable bonds is 3. The molecule has 0 bridgehead atoms. The Morgan fingerprint density at radius 3 is 2.42 bits per heavy atom. The van der Waals surface area contributed by atoms with Crippen molar-refractivity contribution in [1.82, 2.24) is 10.3 Å². The quantitative estimate of drug-likeness (QED) is 0.828. The molecule has 1 aliphatic heterocycles. The van der Waals surface area contributed by atoms with Crippen LogP contribution in [0.5, 0.6) is 0 Å². The normalized spacial score (nSPS) is 22.0. The van der Waals surface area contributed by atoms with E-state index in [9.17, 15) is 4.79 Å². The minimum Gasteiger partial charge on any atom is -0.443 e. The fourth-order valence-electron chi connectivity index (χ4n) is 3.96. The molecule has 1 aliphatic carbocycles. The molecule has 0 aromatic carbocycles. The lowest BCUT2D eigenvalue weighted by Gasteiger charge is -2.35. The fraction of sp³-hybridized carbons (Fsp3) is 0.714. The molecular weight excluding hydrogens is 326 g/mol. The van der Waals surface area contributed by atoms with Gasteiger partial charge in [-0.2, -0.15) is 0 Å². The van der Waals surface area contributed by atoms with E-state index in [1.165, 1.54) is 24.8 Å². The molecule has 5 nitrogen and oxygen atoms in total. The van der Waals surface area contributed by atoms with Crippen molar-refractivity contribution < 1.29 is 9.53 Å². The average molecular weight is 360 g/mol. The van der Waals surface area contributed by atoms with Crippen LogP contribution in [0, 0.1) is 0 Å². The highest BCUT2D eigenvalue weighted by molar-refractivity contribution is 5.87. The summed E-state index contributed by atoms with van der Waals surface area (Å²) in [5.74, 6) is 0.714. The zero-order valence-corrected chi connectivity index (χ0v) is 16.5. The van der Waals surface area contributed by atoms with Crippen molar-refractivity contribution in [2.24, 2.45) is 0 Å². The van der Waals surface area contributed by atoms with E-state index in [2.05, 4.69) is 16.4 Å². The summed E-state index contributed by atoms with van der Waals surface area (Å²) >= 11 is 0. The lowest BCUT2D eigenvalue weighted by molar-refractivity contribution is 0.0556. The van der Waals surface area contributed by atoms with Crippen LogP contribution in [0.3, 0.4) is 0 Å². The van der Waals surface area contributed by atoms with E-state index >= 15 is 0 Å². The Hall–Kier alpha value is -1.62. The molecule has 1 N–H and O–H groups in total. The molecule has 2 fully saturated rings. The predicted molar refractivity (Wildman–Crippen MR) is 104 cm³/mol. The molecule has 1 atom stereocenters. The molecule has 2 heterocycles. The summed E-state index contributed by atoms with van der Waals surface area (Å²) in [7, 11) is 0. The smallest absolute Gasteiger partial charge is 0.416 e. The molecule has 1 aromatic rings. The third-order valence-electron chi connectivity index (χ3n) is 5.26. The maximum Gasteiger partial charge on any atom is 0.416 e. The highest BCUT2D eigenvalue weighted by atomic mass is 16.6. The second-order valence-electron chi connectivity index (χ2n) is 8.59. The van der Waals surface area contributed by atoms with Gasteiger partial charge in [0.1, 0.15) is 11.4 Å². The van der Waals surface area contributed by atoms with Gasteiger partial charge in [-0.1, -0.05) is 31.7 Å². The third-order valence-corrected chi connectivity index (χ3v) is 5.26. The lowest BCUT2D eigenvalue weighted by atomic mass is 9.94. The van der Waals surface area contributed by atoms with Crippen LogP contribution in [0.4, 0.5) is 10.6 Å². The SMILES string of the molecule is CC(C)(C)OC(=O)N(c1ccc([C@@H]2CCCCN2)cn1)C1CCCCC1. The van der Waals surface area contributed by atoms with Crippen molar-refractivity contribution in [1.29, 1.82) is 0 Å². The first-order valence-corrected chi connectivity index (χ1v) is 10.2. The van der Waals surface area contributed by atoms with Gasteiger partial charge in [0.2, 0.25) is 0 Å². The molecule has 0 radical (unpaired) electrons. The van der Waals surface area contributed by atoms with E-state index in [-0.39, 0.29) is 12.1 Å². The van der Waals surface area contributed by atoms with Crippen molar-refractivity contribution >= 4 is 11.9 Å². The number of nitrogens with zero attached hydrogens (tertiary/aromatic N) is 2.